The first kappa shape index (κ1) is 15.0. The highest BCUT2D eigenvalue weighted by atomic mass is 16.5. The lowest BCUT2D eigenvalue weighted by atomic mass is 10.1. The van der Waals surface area contributed by atoms with Gasteiger partial charge in [-0.15, -0.1) is 0 Å². The highest BCUT2D eigenvalue weighted by Gasteiger charge is 2.06. The minimum absolute atomic E-state index is 0.177. The number of hydrogen-bond acceptors (Lipinski definition) is 4. The summed E-state index contributed by atoms with van der Waals surface area (Å²) in [6, 6.07) is 7.58. The molecule has 0 amide bonds. The highest BCUT2D eigenvalue weighted by molar-refractivity contribution is 5.66. The zero-order chi connectivity index (χ0) is 14.3. The second-order valence-corrected chi connectivity index (χ2v) is 4.38. The predicted octanol–water partition coefficient (Wildman–Crippen LogP) is 1.86. The maximum absolute atomic E-state index is 10.4. The topological polar surface area (TPSA) is 73.6 Å². The third-order valence-corrected chi connectivity index (χ3v) is 2.77. The molecule has 0 bridgehead atoms. The molecule has 0 unspecified atom stereocenters. The molecule has 0 fully saturated rings. The van der Waals surface area contributed by atoms with Crippen LogP contribution in [0.25, 0.3) is 0 Å². The third-order valence-electron chi connectivity index (χ3n) is 2.77. The van der Waals surface area contributed by atoms with E-state index in [2.05, 4.69) is 6.07 Å². The number of aliphatic carboxylic acids is 1. The molecule has 0 aliphatic carbocycles. The fourth-order valence-corrected chi connectivity index (χ4v) is 1.83. The van der Waals surface area contributed by atoms with Gasteiger partial charge in [0.1, 0.15) is 11.8 Å². The van der Waals surface area contributed by atoms with Crippen LogP contribution in [0.3, 0.4) is 0 Å². The van der Waals surface area contributed by atoms with E-state index >= 15 is 0 Å². The van der Waals surface area contributed by atoms with E-state index < -0.39 is 5.97 Å². The molecule has 0 saturated heterocycles. The molecule has 1 aromatic carbocycles. The quantitative estimate of drug-likeness (QED) is 0.812. The van der Waals surface area contributed by atoms with Gasteiger partial charge < -0.3 is 14.7 Å². The van der Waals surface area contributed by atoms with Gasteiger partial charge in [-0.2, -0.15) is 5.26 Å². The van der Waals surface area contributed by atoms with E-state index in [9.17, 15) is 4.79 Å². The van der Waals surface area contributed by atoms with Gasteiger partial charge in [0.2, 0.25) is 0 Å². The van der Waals surface area contributed by atoms with Crippen LogP contribution in [-0.4, -0.2) is 36.7 Å². The first-order valence-electron chi connectivity index (χ1n) is 6.04. The van der Waals surface area contributed by atoms with Gasteiger partial charge in [-0.05, 0) is 37.7 Å². The first-order chi connectivity index (χ1) is 9.06. The van der Waals surface area contributed by atoms with Crippen molar-refractivity contribution in [2.24, 2.45) is 0 Å². The van der Waals surface area contributed by atoms with Crippen LogP contribution in [0.4, 0.5) is 0 Å². The Morgan fingerprint density at radius 1 is 1.53 bits per heavy atom. The van der Waals surface area contributed by atoms with Crippen molar-refractivity contribution in [2.45, 2.75) is 19.4 Å². The lowest BCUT2D eigenvalue weighted by Gasteiger charge is -2.16. The molecular weight excluding hydrogens is 244 g/mol. The highest BCUT2D eigenvalue weighted by Crippen LogP contribution is 2.19. The molecule has 0 spiro atoms. The van der Waals surface area contributed by atoms with Crippen LogP contribution in [0.1, 0.15) is 24.0 Å². The zero-order valence-electron chi connectivity index (χ0n) is 11.2. The number of ether oxygens (including phenoxy) is 1. The van der Waals surface area contributed by atoms with Crippen LogP contribution >= 0.6 is 0 Å². The summed E-state index contributed by atoms with van der Waals surface area (Å²) < 4.78 is 5.09. The molecule has 19 heavy (non-hydrogen) atoms. The van der Waals surface area contributed by atoms with Gasteiger partial charge in [0.25, 0.3) is 0 Å². The van der Waals surface area contributed by atoms with Crippen molar-refractivity contribution in [2.75, 3.05) is 20.7 Å². The molecule has 5 nitrogen and oxygen atoms in total. The van der Waals surface area contributed by atoms with Crippen LogP contribution in [-0.2, 0) is 11.3 Å². The Hall–Kier alpha value is -2.06. The third kappa shape index (κ3) is 4.98. The van der Waals surface area contributed by atoms with E-state index in [0.717, 1.165) is 5.56 Å². The van der Waals surface area contributed by atoms with Crippen molar-refractivity contribution in [1.29, 1.82) is 5.26 Å². The Labute approximate surface area is 113 Å². The van der Waals surface area contributed by atoms with Crippen LogP contribution < -0.4 is 4.74 Å². The van der Waals surface area contributed by atoms with Gasteiger partial charge in [-0.25, -0.2) is 0 Å². The number of methoxy groups -OCH3 is 1. The number of carbonyl (C=O) groups is 1. The Bertz CT molecular complexity index is 480. The molecule has 0 saturated carbocycles. The van der Waals surface area contributed by atoms with Crippen molar-refractivity contribution in [1.82, 2.24) is 4.90 Å². The van der Waals surface area contributed by atoms with Crippen LogP contribution in [0.5, 0.6) is 5.75 Å². The minimum Gasteiger partial charge on any atom is -0.495 e. The summed E-state index contributed by atoms with van der Waals surface area (Å²) in [5.41, 5.74) is 1.52. The summed E-state index contributed by atoms with van der Waals surface area (Å²) in [5.74, 6) is -0.204. The summed E-state index contributed by atoms with van der Waals surface area (Å²) in [7, 11) is 3.46. The zero-order valence-corrected chi connectivity index (χ0v) is 11.2. The van der Waals surface area contributed by atoms with Gasteiger partial charge in [0.15, 0.2) is 0 Å². The molecule has 0 aromatic heterocycles. The summed E-state index contributed by atoms with van der Waals surface area (Å²) in [5, 5.41) is 17.6. The van der Waals surface area contributed by atoms with E-state index in [1.54, 1.807) is 12.1 Å². The molecule has 0 aliphatic rings. The van der Waals surface area contributed by atoms with Gasteiger partial charge >= 0.3 is 5.97 Å². The molecule has 0 atom stereocenters. The first-order valence-corrected chi connectivity index (χ1v) is 6.04. The second-order valence-electron chi connectivity index (χ2n) is 4.38. The Morgan fingerprint density at radius 2 is 2.26 bits per heavy atom. The van der Waals surface area contributed by atoms with Gasteiger partial charge in [-0.3, -0.25) is 4.79 Å². The monoisotopic (exact) mass is 262 g/mol. The second kappa shape index (κ2) is 7.39. The molecule has 1 aromatic rings. The summed E-state index contributed by atoms with van der Waals surface area (Å²) in [4.78, 5) is 12.5. The smallest absolute Gasteiger partial charge is 0.303 e. The molecule has 0 radical (unpaired) electrons. The van der Waals surface area contributed by atoms with Crippen molar-refractivity contribution >= 4 is 5.97 Å². The number of carboxylic acids is 1. The molecule has 102 valence electrons. The van der Waals surface area contributed by atoms with E-state index in [4.69, 9.17) is 15.1 Å². The number of nitrogens with zero attached hydrogens (tertiary/aromatic N) is 2. The van der Waals surface area contributed by atoms with E-state index in [0.29, 0.717) is 30.8 Å². The van der Waals surface area contributed by atoms with E-state index in [-0.39, 0.29) is 6.42 Å². The van der Waals surface area contributed by atoms with E-state index in [1.165, 1.54) is 7.11 Å². The maximum atomic E-state index is 10.4. The fraction of sp³-hybridized carbons (Fsp3) is 0.429. The van der Waals surface area contributed by atoms with Crippen molar-refractivity contribution in [3.63, 3.8) is 0 Å². The molecule has 0 aliphatic heterocycles. The standard InChI is InChI=1S/C14H18N2O3/c1-16(7-3-4-14(17)18)10-11-5-6-13(19-2)12(8-11)9-15/h5-6,8H,3-4,7,10H2,1-2H3,(H,17,18). The van der Waals surface area contributed by atoms with Gasteiger partial charge in [0.05, 0.1) is 12.7 Å². The van der Waals surface area contributed by atoms with E-state index in [1.807, 2.05) is 18.0 Å². The van der Waals surface area contributed by atoms with Crippen LogP contribution in [0.2, 0.25) is 0 Å². The number of rotatable bonds is 7. The minimum atomic E-state index is -0.774. The number of carboxylic acid groups (broad SMARTS) is 1. The fourth-order valence-electron chi connectivity index (χ4n) is 1.83. The SMILES string of the molecule is COc1ccc(CN(C)CCCC(=O)O)cc1C#N. The number of benzene rings is 1. The summed E-state index contributed by atoms with van der Waals surface area (Å²) in [6.07, 6.45) is 0.795. The lowest BCUT2D eigenvalue weighted by molar-refractivity contribution is -0.137. The average molecular weight is 262 g/mol. The average Bonchev–Trinajstić information content (AvgIpc) is 2.38. The van der Waals surface area contributed by atoms with Crippen molar-refractivity contribution < 1.29 is 14.6 Å². The molecule has 1 rings (SSSR count). The van der Waals surface area contributed by atoms with Crippen molar-refractivity contribution in [3.05, 3.63) is 29.3 Å². The summed E-state index contributed by atoms with van der Waals surface area (Å²) in [6.45, 7) is 1.39. The van der Waals surface area contributed by atoms with Gasteiger partial charge in [0, 0.05) is 13.0 Å². The van der Waals surface area contributed by atoms with Gasteiger partial charge in [-0.1, -0.05) is 6.07 Å². The largest absolute Gasteiger partial charge is 0.495 e. The number of nitriles is 1. The Balaban J connectivity index is 2.57. The molecule has 1 N–H and O–H groups in total. The number of hydrogen-bond donors (Lipinski definition) is 1. The normalized spacial score (nSPS) is 10.2. The lowest BCUT2D eigenvalue weighted by Crippen LogP contribution is -2.19. The Morgan fingerprint density at radius 3 is 2.84 bits per heavy atom. The maximum Gasteiger partial charge on any atom is 0.303 e. The predicted molar refractivity (Wildman–Crippen MR) is 70.9 cm³/mol. The molecular formula is C14H18N2O3. The van der Waals surface area contributed by atoms with Crippen molar-refractivity contribution in [3.8, 4) is 11.8 Å². The van der Waals surface area contributed by atoms with Crippen LogP contribution in [0.15, 0.2) is 18.2 Å². The van der Waals surface area contributed by atoms with Crippen LogP contribution in [0, 0.1) is 11.3 Å². The molecule has 0 heterocycles. The summed E-state index contributed by atoms with van der Waals surface area (Å²) >= 11 is 0. The Kier molecular flexibility index (Phi) is 5.83. The molecule has 5 heteroatoms.